The zero-order valence-corrected chi connectivity index (χ0v) is 12.6. The lowest BCUT2D eigenvalue weighted by Gasteiger charge is -2.29. The van der Waals surface area contributed by atoms with Crippen molar-refractivity contribution in [2.45, 2.75) is 19.1 Å². The largest absolute Gasteiger partial charge is 0.384 e. The van der Waals surface area contributed by atoms with Crippen LogP contribution >= 0.6 is 11.6 Å². The van der Waals surface area contributed by atoms with Gasteiger partial charge in [-0.05, 0) is 37.2 Å². The summed E-state index contributed by atoms with van der Waals surface area (Å²) in [5.41, 5.74) is 1.26. The Labute approximate surface area is 125 Å². The van der Waals surface area contributed by atoms with Crippen LogP contribution in [-0.2, 0) is 12.1 Å². The van der Waals surface area contributed by atoms with Crippen molar-refractivity contribution in [3.05, 3.63) is 70.7 Å². The van der Waals surface area contributed by atoms with E-state index < -0.39 is 5.60 Å². The van der Waals surface area contributed by atoms with Crippen LogP contribution in [0.1, 0.15) is 18.1 Å². The Morgan fingerprint density at radius 2 is 1.65 bits per heavy atom. The highest BCUT2D eigenvalue weighted by atomic mass is 35.5. The van der Waals surface area contributed by atoms with Gasteiger partial charge in [0, 0.05) is 18.1 Å². The van der Waals surface area contributed by atoms with Crippen molar-refractivity contribution >= 4 is 11.6 Å². The summed E-state index contributed by atoms with van der Waals surface area (Å²) in [4.78, 5) is 2.11. The van der Waals surface area contributed by atoms with E-state index in [1.54, 1.807) is 0 Å². The average Bonchev–Trinajstić information content (AvgIpc) is 2.42. The Bertz CT molecular complexity index is 537. The molecule has 2 rings (SSSR count). The number of hydrogen-bond donors (Lipinski definition) is 1. The fourth-order valence-corrected chi connectivity index (χ4v) is 2.50. The van der Waals surface area contributed by atoms with E-state index in [0.29, 0.717) is 6.54 Å². The second kappa shape index (κ2) is 6.40. The first-order valence-corrected chi connectivity index (χ1v) is 7.06. The van der Waals surface area contributed by atoms with E-state index in [-0.39, 0.29) is 0 Å². The highest BCUT2D eigenvalue weighted by Gasteiger charge is 2.24. The number of nitrogens with zero attached hydrogens (tertiary/aromatic N) is 1. The number of aliphatic hydroxyl groups is 1. The fraction of sp³-hybridized carbons (Fsp3) is 0.294. The molecule has 1 unspecified atom stereocenters. The standard InChI is InChI=1S/C17H20ClNO/c1-17(20,15-6-4-3-5-7-15)13-19(2)12-14-8-10-16(18)11-9-14/h3-11,20H,12-13H2,1-2H3. The van der Waals surface area contributed by atoms with Gasteiger partial charge in [0.05, 0.1) is 5.60 Å². The molecule has 0 aromatic heterocycles. The van der Waals surface area contributed by atoms with Crippen LogP contribution in [-0.4, -0.2) is 23.6 Å². The number of hydrogen-bond acceptors (Lipinski definition) is 2. The molecule has 2 aromatic carbocycles. The molecular formula is C17H20ClNO. The number of benzene rings is 2. The van der Waals surface area contributed by atoms with E-state index in [2.05, 4.69) is 4.90 Å². The van der Waals surface area contributed by atoms with Gasteiger partial charge in [-0.1, -0.05) is 54.1 Å². The van der Waals surface area contributed by atoms with Gasteiger partial charge in [-0.2, -0.15) is 0 Å². The lowest BCUT2D eigenvalue weighted by atomic mass is 9.95. The third kappa shape index (κ3) is 4.07. The molecule has 106 valence electrons. The molecule has 0 saturated heterocycles. The van der Waals surface area contributed by atoms with E-state index in [0.717, 1.165) is 17.1 Å². The highest BCUT2D eigenvalue weighted by molar-refractivity contribution is 6.30. The van der Waals surface area contributed by atoms with Gasteiger partial charge in [-0.25, -0.2) is 0 Å². The van der Waals surface area contributed by atoms with Crippen LogP contribution in [0.25, 0.3) is 0 Å². The first kappa shape index (κ1) is 15.0. The zero-order chi connectivity index (χ0) is 14.6. The number of likely N-dealkylation sites (N-methyl/N-ethyl adjacent to an activating group) is 1. The third-order valence-corrected chi connectivity index (χ3v) is 3.59. The molecule has 2 aromatic rings. The van der Waals surface area contributed by atoms with E-state index in [9.17, 15) is 5.11 Å². The summed E-state index contributed by atoms with van der Waals surface area (Å²) in [6.45, 7) is 3.19. The molecular weight excluding hydrogens is 270 g/mol. The van der Waals surface area contributed by atoms with Crippen LogP contribution in [0.3, 0.4) is 0 Å². The van der Waals surface area contributed by atoms with Crippen LogP contribution in [0.2, 0.25) is 5.02 Å². The molecule has 2 nitrogen and oxygen atoms in total. The smallest absolute Gasteiger partial charge is 0.0994 e. The summed E-state index contributed by atoms with van der Waals surface area (Å²) in [7, 11) is 2.01. The summed E-state index contributed by atoms with van der Waals surface area (Å²) in [6, 6.07) is 17.6. The van der Waals surface area contributed by atoms with Gasteiger partial charge in [-0.15, -0.1) is 0 Å². The van der Waals surface area contributed by atoms with Crippen molar-refractivity contribution in [3.8, 4) is 0 Å². The van der Waals surface area contributed by atoms with Crippen LogP contribution in [0.5, 0.6) is 0 Å². The highest BCUT2D eigenvalue weighted by Crippen LogP contribution is 2.22. The maximum atomic E-state index is 10.6. The second-order valence-corrected chi connectivity index (χ2v) is 5.88. The van der Waals surface area contributed by atoms with Crippen molar-refractivity contribution < 1.29 is 5.11 Å². The summed E-state index contributed by atoms with van der Waals surface area (Å²) in [6.07, 6.45) is 0. The Hall–Kier alpha value is -1.35. The molecule has 1 N–H and O–H groups in total. The van der Waals surface area contributed by atoms with Gasteiger partial charge in [0.1, 0.15) is 0 Å². The second-order valence-electron chi connectivity index (χ2n) is 5.44. The summed E-state index contributed by atoms with van der Waals surface area (Å²) in [5, 5.41) is 11.4. The molecule has 0 heterocycles. The molecule has 3 heteroatoms. The van der Waals surface area contributed by atoms with E-state index >= 15 is 0 Å². The first-order valence-electron chi connectivity index (χ1n) is 6.68. The monoisotopic (exact) mass is 289 g/mol. The van der Waals surface area contributed by atoms with Gasteiger partial charge >= 0.3 is 0 Å². The number of halogens is 1. The molecule has 0 spiro atoms. The fourth-order valence-electron chi connectivity index (χ4n) is 2.37. The lowest BCUT2D eigenvalue weighted by molar-refractivity contribution is 0.0214. The first-order chi connectivity index (χ1) is 9.47. The van der Waals surface area contributed by atoms with Crippen LogP contribution < -0.4 is 0 Å². The predicted octanol–water partition coefficient (Wildman–Crippen LogP) is 3.68. The normalized spacial score (nSPS) is 14.2. The average molecular weight is 290 g/mol. The van der Waals surface area contributed by atoms with Gasteiger partial charge in [0.25, 0.3) is 0 Å². The van der Waals surface area contributed by atoms with Crippen LogP contribution in [0.15, 0.2) is 54.6 Å². The molecule has 0 fully saturated rings. The Kier molecular flexibility index (Phi) is 4.81. The van der Waals surface area contributed by atoms with Crippen molar-refractivity contribution in [1.29, 1.82) is 0 Å². The summed E-state index contributed by atoms with van der Waals surface area (Å²) in [5.74, 6) is 0. The van der Waals surface area contributed by atoms with Gasteiger partial charge < -0.3 is 5.11 Å². The Morgan fingerprint density at radius 3 is 2.25 bits per heavy atom. The quantitative estimate of drug-likeness (QED) is 0.908. The molecule has 1 atom stereocenters. The Balaban J connectivity index is 2.00. The Morgan fingerprint density at radius 1 is 1.05 bits per heavy atom. The molecule has 0 amide bonds. The van der Waals surface area contributed by atoms with Gasteiger partial charge in [0.2, 0.25) is 0 Å². The van der Waals surface area contributed by atoms with Crippen molar-refractivity contribution in [3.63, 3.8) is 0 Å². The predicted molar refractivity (Wildman–Crippen MR) is 83.8 cm³/mol. The maximum absolute atomic E-state index is 10.6. The summed E-state index contributed by atoms with van der Waals surface area (Å²) < 4.78 is 0. The summed E-state index contributed by atoms with van der Waals surface area (Å²) >= 11 is 5.88. The number of rotatable bonds is 5. The lowest BCUT2D eigenvalue weighted by Crippen LogP contribution is -2.36. The minimum Gasteiger partial charge on any atom is -0.384 e. The van der Waals surface area contributed by atoms with E-state index in [4.69, 9.17) is 11.6 Å². The molecule has 0 saturated carbocycles. The molecule has 20 heavy (non-hydrogen) atoms. The zero-order valence-electron chi connectivity index (χ0n) is 11.9. The van der Waals surface area contributed by atoms with Crippen LogP contribution in [0.4, 0.5) is 0 Å². The van der Waals surface area contributed by atoms with E-state index in [1.165, 1.54) is 5.56 Å². The molecule has 0 aliphatic rings. The molecule has 0 radical (unpaired) electrons. The minimum absolute atomic E-state index is 0.569. The molecule has 0 bridgehead atoms. The SMILES string of the molecule is CN(Cc1ccc(Cl)cc1)CC(C)(O)c1ccccc1. The minimum atomic E-state index is -0.859. The third-order valence-electron chi connectivity index (χ3n) is 3.34. The van der Waals surface area contributed by atoms with Crippen molar-refractivity contribution in [2.24, 2.45) is 0 Å². The van der Waals surface area contributed by atoms with Gasteiger partial charge in [-0.3, -0.25) is 4.90 Å². The van der Waals surface area contributed by atoms with Crippen molar-refractivity contribution in [1.82, 2.24) is 4.90 Å². The van der Waals surface area contributed by atoms with Gasteiger partial charge in [0.15, 0.2) is 0 Å². The van der Waals surface area contributed by atoms with Crippen molar-refractivity contribution in [2.75, 3.05) is 13.6 Å². The molecule has 0 aliphatic heterocycles. The molecule has 0 aliphatic carbocycles. The van der Waals surface area contributed by atoms with Crippen LogP contribution in [0, 0.1) is 0 Å². The topological polar surface area (TPSA) is 23.5 Å². The maximum Gasteiger partial charge on any atom is 0.0994 e. The van der Waals surface area contributed by atoms with E-state index in [1.807, 2.05) is 68.6 Å².